The first-order chi connectivity index (χ1) is 9.29. The molecule has 0 radical (unpaired) electrons. The number of aliphatic hydroxyl groups excluding tert-OH is 1. The van der Waals surface area contributed by atoms with E-state index in [1.165, 1.54) is 17.7 Å². The van der Waals surface area contributed by atoms with E-state index in [1.54, 1.807) is 13.8 Å². The highest BCUT2D eigenvalue weighted by Gasteiger charge is 2.45. The van der Waals surface area contributed by atoms with Crippen molar-refractivity contribution in [2.45, 2.75) is 45.3 Å². The number of β-amino-alcohol motifs (C(OH)–C–C–N with tert-alkyl or cyclic N) is 1. The van der Waals surface area contributed by atoms with E-state index < -0.39 is 17.7 Å². The Kier molecular flexibility index (Phi) is 4.34. The van der Waals surface area contributed by atoms with Crippen LogP contribution >= 0.6 is 0 Å². The van der Waals surface area contributed by atoms with Crippen LogP contribution in [0, 0.1) is 5.92 Å². The van der Waals surface area contributed by atoms with Crippen molar-refractivity contribution in [3.05, 3.63) is 0 Å². The third-order valence-electron chi connectivity index (χ3n) is 4.34. The number of hydrogen-bond donors (Lipinski definition) is 3. The van der Waals surface area contributed by atoms with Crippen LogP contribution in [0.5, 0.6) is 0 Å². The average molecular weight is 284 g/mol. The molecule has 0 spiro atoms. The van der Waals surface area contributed by atoms with Gasteiger partial charge in [0, 0.05) is 0 Å². The fourth-order valence-corrected chi connectivity index (χ4v) is 2.97. The number of imide groups is 1. The van der Waals surface area contributed by atoms with Gasteiger partial charge in [0.15, 0.2) is 0 Å². The number of hydrogen-bond acceptors (Lipinski definition) is 3. The maximum absolute atomic E-state index is 12.0. The van der Waals surface area contributed by atoms with Crippen molar-refractivity contribution in [3.8, 4) is 0 Å². The summed E-state index contributed by atoms with van der Waals surface area (Å²) < 4.78 is 0. The first-order valence-electron chi connectivity index (χ1n) is 7.45. The van der Waals surface area contributed by atoms with Crippen molar-refractivity contribution in [1.29, 1.82) is 0 Å². The van der Waals surface area contributed by atoms with Gasteiger partial charge in [0.1, 0.15) is 18.2 Å². The summed E-state index contributed by atoms with van der Waals surface area (Å²) >= 11 is 0. The Morgan fingerprint density at radius 1 is 1.40 bits per heavy atom. The monoisotopic (exact) mass is 284 g/mol. The molecular formula is C14H26N3O3+. The number of nitrogens with one attached hydrogen (secondary N) is 2. The summed E-state index contributed by atoms with van der Waals surface area (Å²) in [7, 11) is 0. The topological polar surface area (TPSA) is 74.1 Å². The average Bonchev–Trinajstić information content (AvgIpc) is 2.55. The highest BCUT2D eigenvalue weighted by molar-refractivity contribution is 6.06. The van der Waals surface area contributed by atoms with Crippen molar-refractivity contribution < 1.29 is 19.6 Å². The molecule has 0 aromatic carbocycles. The van der Waals surface area contributed by atoms with Crippen molar-refractivity contribution >= 4 is 11.9 Å². The molecular weight excluding hydrogens is 258 g/mol. The van der Waals surface area contributed by atoms with Crippen LogP contribution in [-0.2, 0) is 4.79 Å². The first-order valence-corrected chi connectivity index (χ1v) is 7.45. The van der Waals surface area contributed by atoms with Gasteiger partial charge in [-0.25, -0.2) is 4.79 Å². The van der Waals surface area contributed by atoms with Gasteiger partial charge in [-0.2, -0.15) is 0 Å². The maximum Gasteiger partial charge on any atom is 0.325 e. The van der Waals surface area contributed by atoms with Crippen LogP contribution in [0.25, 0.3) is 0 Å². The standard InChI is InChI=1S/C14H25N3O3/c1-10-4-6-16(7-5-10)8-11(18)9-17-12(19)14(2,3)15-13(17)20/h10-11,18H,4-9H2,1-3H3,(H,15,20)/p+1/t11-/m1/s1. The van der Waals surface area contributed by atoms with E-state index in [1.807, 2.05) is 0 Å². The second-order valence-electron chi connectivity index (χ2n) is 6.76. The highest BCUT2D eigenvalue weighted by Crippen LogP contribution is 2.16. The SMILES string of the molecule is CC1CC[NH+](C[C@@H](O)CN2C(=O)NC(C)(C)C2=O)CC1. The van der Waals surface area contributed by atoms with Gasteiger partial charge in [-0.15, -0.1) is 0 Å². The van der Waals surface area contributed by atoms with Crippen LogP contribution in [0.1, 0.15) is 33.6 Å². The van der Waals surface area contributed by atoms with Crippen LogP contribution in [0.3, 0.4) is 0 Å². The van der Waals surface area contributed by atoms with Crippen molar-refractivity contribution in [1.82, 2.24) is 10.2 Å². The third kappa shape index (κ3) is 3.30. The van der Waals surface area contributed by atoms with Crippen LogP contribution in [0.2, 0.25) is 0 Å². The molecule has 0 unspecified atom stereocenters. The summed E-state index contributed by atoms with van der Waals surface area (Å²) in [6.07, 6.45) is 1.71. The lowest BCUT2D eigenvalue weighted by Gasteiger charge is -2.29. The number of amides is 3. The highest BCUT2D eigenvalue weighted by atomic mass is 16.3. The molecule has 114 valence electrons. The third-order valence-corrected chi connectivity index (χ3v) is 4.34. The molecule has 20 heavy (non-hydrogen) atoms. The molecule has 3 N–H and O–H groups in total. The number of likely N-dealkylation sites (tertiary alicyclic amines) is 1. The zero-order valence-electron chi connectivity index (χ0n) is 12.6. The van der Waals surface area contributed by atoms with Crippen LogP contribution in [0.15, 0.2) is 0 Å². The number of aliphatic hydroxyl groups is 1. The van der Waals surface area contributed by atoms with Gasteiger partial charge in [0.05, 0.1) is 19.6 Å². The van der Waals surface area contributed by atoms with E-state index in [-0.39, 0.29) is 12.5 Å². The molecule has 2 saturated heterocycles. The summed E-state index contributed by atoms with van der Waals surface area (Å²) in [5, 5.41) is 12.8. The number of quaternary nitrogens is 1. The molecule has 2 rings (SSSR count). The molecule has 0 aromatic rings. The first kappa shape index (κ1) is 15.3. The van der Waals surface area contributed by atoms with Gasteiger partial charge < -0.3 is 15.3 Å². The van der Waals surface area contributed by atoms with Crippen LogP contribution < -0.4 is 10.2 Å². The Morgan fingerprint density at radius 2 is 2.00 bits per heavy atom. The van der Waals surface area contributed by atoms with E-state index in [2.05, 4.69) is 12.2 Å². The number of piperidine rings is 1. The minimum Gasteiger partial charge on any atom is -0.385 e. The van der Waals surface area contributed by atoms with Gasteiger partial charge >= 0.3 is 6.03 Å². The van der Waals surface area contributed by atoms with Gasteiger partial charge in [-0.3, -0.25) is 9.69 Å². The summed E-state index contributed by atoms with van der Waals surface area (Å²) in [6.45, 7) is 8.42. The number of nitrogens with zero attached hydrogens (tertiary/aromatic N) is 1. The quantitative estimate of drug-likeness (QED) is 0.579. The molecule has 2 fully saturated rings. The Balaban J connectivity index is 1.84. The van der Waals surface area contributed by atoms with Gasteiger partial charge in [0.25, 0.3) is 5.91 Å². The molecule has 1 atom stereocenters. The van der Waals surface area contributed by atoms with E-state index in [4.69, 9.17) is 0 Å². The van der Waals surface area contributed by atoms with Crippen LogP contribution in [-0.4, -0.2) is 59.8 Å². The smallest absolute Gasteiger partial charge is 0.325 e. The number of rotatable bonds is 4. The van der Waals surface area contributed by atoms with Crippen molar-refractivity contribution in [2.24, 2.45) is 5.92 Å². The molecule has 2 aliphatic heterocycles. The van der Waals surface area contributed by atoms with Crippen LogP contribution in [0.4, 0.5) is 4.79 Å². The Hall–Kier alpha value is -1.14. The van der Waals surface area contributed by atoms with E-state index in [9.17, 15) is 14.7 Å². The van der Waals surface area contributed by atoms with E-state index in [0.29, 0.717) is 6.54 Å². The van der Waals surface area contributed by atoms with E-state index in [0.717, 1.165) is 23.9 Å². The Morgan fingerprint density at radius 3 is 2.50 bits per heavy atom. The fourth-order valence-electron chi connectivity index (χ4n) is 2.97. The number of carbonyl (C=O) groups is 2. The molecule has 6 nitrogen and oxygen atoms in total. The fraction of sp³-hybridized carbons (Fsp3) is 0.857. The Bertz CT molecular complexity index is 389. The van der Waals surface area contributed by atoms with Crippen molar-refractivity contribution in [2.75, 3.05) is 26.2 Å². The second-order valence-corrected chi connectivity index (χ2v) is 6.76. The number of carbonyl (C=O) groups excluding carboxylic acids is 2. The molecule has 0 aromatic heterocycles. The molecule has 2 heterocycles. The molecule has 0 aliphatic carbocycles. The van der Waals surface area contributed by atoms with Crippen molar-refractivity contribution in [3.63, 3.8) is 0 Å². The molecule has 0 bridgehead atoms. The Labute approximate surface area is 120 Å². The van der Waals surface area contributed by atoms with Gasteiger partial charge in [-0.1, -0.05) is 6.92 Å². The summed E-state index contributed by atoms with van der Waals surface area (Å²) in [6, 6.07) is -0.402. The summed E-state index contributed by atoms with van der Waals surface area (Å²) in [4.78, 5) is 26.3. The zero-order chi connectivity index (χ0) is 14.9. The predicted molar refractivity (Wildman–Crippen MR) is 74.3 cm³/mol. The summed E-state index contributed by atoms with van der Waals surface area (Å²) in [5.74, 6) is 0.506. The van der Waals surface area contributed by atoms with Gasteiger partial charge in [-0.05, 0) is 32.6 Å². The number of urea groups is 1. The molecule has 3 amide bonds. The lowest BCUT2D eigenvalue weighted by atomic mass is 9.99. The second kappa shape index (κ2) is 5.69. The van der Waals surface area contributed by atoms with Gasteiger partial charge in [0.2, 0.25) is 0 Å². The van der Waals surface area contributed by atoms with E-state index >= 15 is 0 Å². The maximum atomic E-state index is 12.0. The summed E-state index contributed by atoms with van der Waals surface area (Å²) in [5.41, 5.74) is -0.857. The minimum absolute atomic E-state index is 0.0904. The molecule has 2 aliphatic rings. The minimum atomic E-state index is -0.857. The largest absolute Gasteiger partial charge is 0.385 e. The lowest BCUT2D eigenvalue weighted by molar-refractivity contribution is -0.909. The lowest BCUT2D eigenvalue weighted by Crippen LogP contribution is -3.14. The molecule has 0 saturated carbocycles. The molecule has 6 heteroatoms. The normalized spacial score (nSPS) is 31.3. The zero-order valence-corrected chi connectivity index (χ0v) is 12.6. The predicted octanol–water partition coefficient (Wildman–Crippen LogP) is -1.01.